The van der Waals surface area contributed by atoms with Crippen LogP contribution in [0.15, 0.2) is 42.5 Å². The molecule has 5 atom stereocenters. The molecule has 46 heavy (non-hydrogen) atoms. The van der Waals surface area contributed by atoms with Crippen LogP contribution in [-0.4, -0.2) is 71.1 Å². The zero-order chi connectivity index (χ0) is 33.9. The number of carbonyl (C=O) groups excluding carboxylic acids is 7. The minimum absolute atomic E-state index is 0.0526. The number of aldehydes is 1. The van der Waals surface area contributed by atoms with Crippen molar-refractivity contribution in [3.8, 4) is 0 Å². The van der Waals surface area contributed by atoms with Crippen molar-refractivity contribution in [1.29, 1.82) is 0 Å². The summed E-state index contributed by atoms with van der Waals surface area (Å²) in [4.78, 5) is 88.7. The van der Waals surface area contributed by atoms with Crippen LogP contribution in [0.1, 0.15) is 77.2 Å². The maximum Gasteiger partial charge on any atom is 0.307 e. The molecule has 2 aliphatic carbocycles. The van der Waals surface area contributed by atoms with Gasteiger partial charge in [-0.15, -0.1) is 0 Å². The highest BCUT2D eigenvalue weighted by Crippen LogP contribution is 2.52. The Balaban J connectivity index is 1.69. The van der Waals surface area contributed by atoms with E-state index in [1.807, 2.05) is 50.4 Å². The van der Waals surface area contributed by atoms with Crippen LogP contribution in [0.5, 0.6) is 0 Å². The van der Waals surface area contributed by atoms with Crippen LogP contribution in [0, 0.1) is 17.8 Å². The third-order valence-corrected chi connectivity index (χ3v) is 9.22. The van der Waals surface area contributed by atoms with Crippen molar-refractivity contribution < 1.29 is 38.3 Å². The summed E-state index contributed by atoms with van der Waals surface area (Å²) < 4.78 is 5.47. The van der Waals surface area contributed by atoms with Gasteiger partial charge >= 0.3 is 5.97 Å². The van der Waals surface area contributed by atoms with E-state index in [9.17, 15) is 33.6 Å². The SMILES string of the molecule is C=C(CCC(=O)OC12CC1C(=O)CCC2=O)C(=O)[C@H](Cc1ccccc1)NC(=O)[C@H](CC(C)C)NC(=O)[C@@H](CCC=O)CCSC. The molecule has 1 aromatic carbocycles. The molecular weight excluding hydrogens is 608 g/mol. The van der Waals surface area contributed by atoms with Gasteiger partial charge in [0.2, 0.25) is 11.8 Å². The zero-order valence-electron chi connectivity index (χ0n) is 27.0. The number of Topliss-reactive ketones (excluding diaryl/α,β-unsaturated/α-hetero) is 3. The molecule has 250 valence electrons. The highest BCUT2D eigenvalue weighted by molar-refractivity contribution is 7.98. The van der Waals surface area contributed by atoms with Crippen LogP contribution in [0.3, 0.4) is 0 Å². The Morgan fingerprint density at radius 1 is 1.02 bits per heavy atom. The number of thioether (sulfide) groups is 1. The molecule has 2 unspecified atom stereocenters. The van der Waals surface area contributed by atoms with Crippen LogP contribution in [0.2, 0.25) is 0 Å². The van der Waals surface area contributed by atoms with Crippen molar-refractivity contribution in [3.63, 3.8) is 0 Å². The number of amides is 2. The van der Waals surface area contributed by atoms with E-state index in [0.29, 0.717) is 19.3 Å². The molecule has 0 aromatic heterocycles. The summed E-state index contributed by atoms with van der Waals surface area (Å²) in [5.74, 6) is -2.49. The van der Waals surface area contributed by atoms with Crippen LogP contribution >= 0.6 is 11.8 Å². The predicted octanol–water partition coefficient (Wildman–Crippen LogP) is 3.73. The topological polar surface area (TPSA) is 153 Å². The Morgan fingerprint density at radius 3 is 2.37 bits per heavy atom. The first kappa shape index (κ1) is 36.9. The van der Waals surface area contributed by atoms with Gasteiger partial charge in [-0.1, -0.05) is 50.8 Å². The molecule has 0 aliphatic heterocycles. The summed E-state index contributed by atoms with van der Waals surface area (Å²) in [6.45, 7) is 7.75. The molecular formula is C35H46N2O8S. The van der Waals surface area contributed by atoms with Gasteiger partial charge in [-0.2, -0.15) is 11.8 Å². The van der Waals surface area contributed by atoms with E-state index >= 15 is 0 Å². The Labute approximate surface area is 275 Å². The fraction of sp³-hybridized carbons (Fsp3) is 0.571. The maximum absolute atomic E-state index is 13.7. The number of hydrogen-bond donors (Lipinski definition) is 2. The average molecular weight is 655 g/mol. The van der Waals surface area contributed by atoms with Crippen molar-refractivity contribution in [2.75, 3.05) is 12.0 Å². The summed E-state index contributed by atoms with van der Waals surface area (Å²) >= 11 is 1.60. The van der Waals surface area contributed by atoms with Crippen molar-refractivity contribution in [2.24, 2.45) is 17.8 Å². The number of ether oxygens (including phenoxy) is 1. The van der Waals surface area contributed by atoms with E-state index in [1.165, 1.54) is 0 Å². The van der Waals surface area contributed by atoms with Crippen LogP contribution < -0.4 is 10.6 Å². The molecule has 2 saturated carbocycles. The molecule has 2 N–H and O–H groups in total. The molecule has 0 heterocycles. The van der Waals surface area contributed by atoms with Crippen molar-refractivity contribution in [3.05, 3.63) is 48.0 Å². The monoisotopic (exact) mass is 654 g/mol. The number of nitrogens with one attached hydrogen (secondary N) is 2. The van der Waals surface area contributed by atoms with E-state index in [-0.39, 0.29) is 73.9 Å². The van der Waals surface area contributed by atoms with E-state index in [1.54, 1.807) is 11.8 Å². The van der Waals surface area contributed by atoms with Crippen molar-refractivity contribution in [1.82, 2.24) is 10.6 Å². The number of carbonyl (C=O) groups is 7. The fourth-order valence-electron chi connectivity index (χ4n) is 5.86. The second-order valence-corrected chi connectivity index (χ2v) is 13.6. The Kier molecular flexibility index (Phi) is 13.9. The third kappa shape index (κ3) is 10.2. The lowest BCUT2D eigenvalue weighted by Gasteiger charge is -2.26. The van der Waals surface area contributed by atoms with Gasteiger partial charge in [0.25, 0.3) is 0 Å². The predicted molar refractivity (Wildman–Crippen MR) is 175 cm³/mol. The number of benzene rings is 1. The van der Waals surface area contributed by atoms with Crippen LogP contribution in [0.4, 0.5) is 0 Å². The van der Waals surface area contributed by atoms with Gasteiger partial charge < -0.3 is 20.2 Å². The Bertz CT molecular complexity index is 1310. The van der Waals surface area contributed by atoms with Gasteiger partial charge in [0.1, 0.15) is 18.1 Å². The van der Waals surface area contributed by atoms with Gasteiger partial charge in [-0.05, 0) is 54.7 Å². The highest BCUT2D eigenvalue weighted by atomic mass is 32.2. The first-order valence-corrected chi connectivity index (χ1v) is 17.4. The van der Waals surface area contributed by atoms with Crippen LogP contribution in [-0.2, 0) is 44.7 Å². The normalized spacial score (nSPS) is 20.6. The molecule has 11 heteroatoms. The molecule has 2 amide bonds. The lowest BCUT2D eigenvalue weighted by atomic mass is 9.94. The molecule has 3 rings (SSSR count). The number of fused-ring (bicyclic) bond motifs is 1. The zero-order valence-corrected chi connectivity index (χ0v) is 27.8. The molecule has 10 nitrogen and oxygen atoms in total. The molecule has 0 bridgehead atoms. The van der Waals surface area contributed by atoms with E-state index in [2.05, 4.69) is 17.2 Å². The summed E-state index contributed by atoms with van der Waals surface area (Å²) in [7, 11) is 0. The van der Waals surface area contributed by atoms with Gasteiger partial charge in [0.15, 0.2) is 17.2 Å². The molecule has 0 radical (unpaired) electrons. The highest BCUT2D eigenvalue weighted by Gasteiger charge is 2.68. The summed E-state index contributed by atoms with van der Waals surface area (Å²) in [6, 6.07) is 7.22. The molecule has 0 saturated heterocycles. The maximum atomic E-state index is 13.7. The van der Waals surface area contributed by atoms with E-state index in [0.717, 1.165) is 17.6 Å². The summed E-state index contributed by atoms with van der Waals surface area (Å²) in [5, 5.41) is 5.71. The van der Waals surface area contributed by atoms with Gasteiger partial charge in [0, 0.05) is 44.4 Å². The number of esters is 1. The third-order valence-electron chi connectivity index (χ3n) is 8.57. The van der Waals surface area contributed by atoms with Gasteiger partial charge in [-0.25, -0.2) is 0 Å². The number of hydrogen-bond acceptors (Lipinski definition) is 9. The summed E-state index contributed by atoms with van der Waals surface area (Å²) in [5.41, 5.74) is -0.452. The molecule has 1 aromatic rings. The Hall–Kier alpha value is -3.60. The average Bonchev–Trinajstić information content (AvgIpc) is 3.77. The minimum atomic E-state index is -1.35. The quantitative estimate of drug-likeness (QED) is 0.122. The van der Waals surface area contributed by atoms with E-state index in [4.69, 9.17) is 4.74 Å². The molecule has 0 spiro atoms. The number of ketones is 3. The first-order chi connectivity index (χ1) is 21.9. The fourth-order valence-corrected chi connectivity index (χ4v) is 6.38. The molecule has 2 fully saturated rings. The minimum Gasteiger partial charge on any atom is -0.450 e. The summed E-state index contributed by atoms with van der Waals surface area (Å²) in [6.07, 6.45) is 4.59. The largest absolute Gasteiger partial charge is 0.450 e. The standard InChI is InChI=1S/C35H46N2O8S/c1-22(2)19-28(37-33(43)25(11-8-17-38)16-18-46-4)34(44)36-27(20-24-9-6-5-7-10-24)32(42)23(3)12-15-31(41)45-35-21-26(35)29(39)13-14-30(35)40/h5-7,9-10,17,22,25-28H,3,8,11-16,18-21H2,1-2,4H3,(H,36,44)(H,37,43)/t25-,26?,27-,28-,35?/m0/s1. The van der Waals surface area contributed by atoms with Crippen LogP contribution in [0.25, 0.3) is 0 Å². The Morgan fingerprint density at radius 2 is 1.72 bits per heavy atom. The van der Waals surface area contributed by atoms with Gasteiger partial charge in [-0.3, -0.25) is 28.8 Å². The van der Waals surface area contributed by atoms with Gasteiger partial charge in [0.05, 0.1) is 12.0 Å². The number of rotatable bonds is 20. The first-order valence-electron chi connectivity index (χ1n) is 16.0. The van der Waals surface area contributed by atoms with Crippen molar-refractivity contribution in [2.45, 2.75) is 95.7 Å². The van der Waals surface area contributed by atoms with E-state index < -0.39 is 47.2 Å². The van der Waals surface area contributed by atoms with Crippen molar-refractivity contribution >= 4 is 53.2 Å². The second-order valence-electron chi connectivity index (χ2n) is 12.6. The smallest absolute Gasteiger partial charge is 0.307 e. The lowest BCUT2D eigenvalue weighted by molar-refractivity contribution is -0.161. The second kappa shape index (κ2) is 17.4. The molecule has 2 aliphatic rings. The lowest BCUT2D eigenvalue weighted by Crippen LogP contribution is -2.53.